The fourth-order valence-electron chi connectivity index (χ4n) is 2.12. The lowest BCUT2D eigenvalue weighted by Crippen LogP contribution is -2.62. The molecule has 0 unspecified atom stereocenters. The van der Waals surface area contributed by atoms with E-state index in [-0.39, 0.29) is 5.60 Å². The third-order valence-electron chi connectivity index (χ3n) is 3.01. The van der Waals surface area contributed by atoms with Crippen LogP contribution in [-0.4, -0.2) is 25.8 Å². The SMILES string of the molecule is COc1ccc2c(c1)OC1(CNC1)C2. The Kier molecular flexibility index (Phi) is 1.53. The van der Waals surface area contributed by atoms with Gasteiger partial charge >= 0.3 is 0 Å². The molecule has 14 heavy (non-hydrogen) atoms. The number of methoxy groups -OCH3 is 1. The molecule has 1 N–H and O–H groups in total. The van der Waals surface area contributed by atoms with E-state index in [1.54, 1.807) is 7.11 Å². The molecule has 2 aliphatic heterocycles. The van der Waals surface area contributed by atoms with Crippen molar-refractivity contribution in [2.45, 2.75) is 12.0 Å². The molecule has 0 bridgehead atoms. The second-order valence-corrected chi connectivity index (χ2v) is 4.04. The molecule has 0 radical (unpaired) electrons. The van der Waals surface area contributed by atoms with Crippen molar-refractivity contribution in [3.8, 4) is 11.5 Å². The third kappa shape index (κ3) is 1.02. The van der Waals surface area contributed by atoms with Crippen molar-refractivity contribution in [2.24, 2.45) is 0 Å². The van der Waals surface area contributed by atoms with E-state index in [9.17, 15) is 0 Å². The molecule has 1 aromatic rings. The molecule has 1 fully saturated rings. The molecule has 0 aliphatic carbocycles. The fourth-order valence-corrected chi connectivity index (χ4v) is 2.12. The van der Waals surface area contributed by atoms with Gasteiger partial charge in [0.05, 0.1) is 7.11 Å². The highest BCUT2D eigenvalue weighted by molar-refractivity contribution is 5.45. The summed E-state index contributed by atoms with van der Waals surface area (Å²) in [6.45, 7) is 1.92. The van der Waals surface area contributed by atoms with Gasteiger partial charge in [0.25, 0.3) is 0 Å². The van der Waals surface area contributed by atoms with Gasteiger partial charge in [0, 0.05) is 25.6 Å². The second-order valence-electron chi connectivity index (χ2n) is 4.04. The van der Waals surface area contributed by atoms with Gasteiger partial charge < -0.3 is 14.8 Å². The first-order valence-corrected chi connectivity index (χ1v) is 4.88. The molecule has 1 aromatic carbocycles. The molecule has 2 aliphatic rings. The van der Waals surface area contributed by atoms with Crippen LogP contribution in [0.2, 0.25) is 0 Å². The van der Waals surface area contributed by atoms with Crippen LogP contribution in [0.1, 0.15) is 5.56 Å². The van der Waals surface area contributed by atoms with E-state index in [1.165, 1.54) is 5.56 Å². The molecular formula is C11H13NO2. The lowest BCUT2D eigenvalue weighted by atomic mass is 9.91. The Balaban J connectivity index is 1.94. The van der Waals surface area contributed by atoms with Crippen LogP contribution in [0.15, 0.2) is 18.2 Å². The van der Waals surface area contributed by atoms with Crippen LogP contribution < -0.4 is 14.8 Å². The second kappa shape index (κ2) is 2.64. The molecule has 3 rings (SSSR count). The Morgan fingerprint density at radius 3 is 2.93 bits per heavy atom. The van der Waals surface area contributed by atoms with Gasteiger partial charge in [0.2, 0.25) is 0 Å². The molecule has 2 heterocycles. The van der Waals surface area contributed by atoms with Crippen LogP contribution in [0.4, 0.5) is 0 Å². The Labute approximate surface area is 83.0 Å². The van der Waals surface area contributed by atoms with Gasteiger partial charge in [-0.1, -0.05) is 6.07 Å². The van der Waals surface area contributed by atoms with E-state index < -0.39 is 0 Å². The smallest absolute Gasteiger partial charge is 0.138 e. The minimum absolute atomic E-state index is 0.0503. The van der Waals surface area contributed by atoms with E-state index >= 15 is 0 Å². The van der Waals surface area contributed by atoms with E-state index in [2.05, 4.69) is 11.4 Å². The molecule has 0 saturated carbocycles. The number of hydrogen-bond donors (Lipinski definition) is 1. The summed E-state index contributed by atoms with van der Waals surface area (Å²) < 4.78 is 11.1. The number of fused-ring (bicyclic) bond motifs is 1. The van der Waals surface area contributed by atoms with Crippen molar-refractivity contribution in [2.75, 3.05) is 20.2 Å². The molecule has 0 atom stereocenters. The minimum Gasteiger partial charge on any atom is -0.497 e. The average molecular weight is 191 g/mol. The number of hydrogen-bond acceptors (Lipinski definition) is 3. The van der Waals surface area contributed by atoms with Crippen molar-refractivity contribution >= 4 is 0 Å². The summed E-state index contributed by atoms with van der Waals surface area (Å²) in [6.07, 6.45) is 1.03. The summed E-state index contributed by atoms with van der Waals surface area (Å²) in [6, 6.07) is 6.07. The van der Waals surface area contributed by atoms with Crippen LogP contribution in [0.3, 0.4) is 0 Å². The molecule has 1 spiro atoms. The highest BCUT2D eigenvalue weighted by atomic mass is 16.5. The summed E-state index contributed by atoms with van der Waals surface area (Å²) in [5, 5.41) is 3.25. The summed E-state index contributed by atoms with van der Waals surface area (Å²) >= 11 is 0. The van der Waals surface area contributed by atoms with Crippen LogP contribution in [0.5, 0.6) is 11.5 Å². The molecular weight excluding hydrogens is 178 g/mol. The van der Waals surface area contributed by atoms with Crippen molar-refractivity contribution in [1.29, 1.82) is 0 Å². The average Bonchev–Trinajstić information content (AvgIpc) is 2.55. The lowest BCUT2D eigenvalue weighted by Gasteiger charge is -2.38. The first kappa shape index (κ1) is 8.12. The van der Waals surface area contributed by atoms with Crippen LogP contribution in [0, 0.1) is 0 Å². The maximum Gasteiger partial charge on any atom is 0.138 e. The Morgan fingerprint density at radius 2 is 2.29 bits per heavy atom. The highest BCUT2D eigenvalue weighted by Crippen LogP contribution is 2.39. The lowest BCUT2D eigenvalue weighted by molar-refractivity contribution is 0.0385. The molecule has 0 aromatic heterocycles. The highest BCUT2D eigenvalue weighted by Gasteiger charge is 2.44. The van der Waals surface area contributed by atoms with E-state index in [0.29, 0.717) is 0 Å². The predicted octanol–water partition coefficient (Wildman–Crippen LogP) is 0.972. The topological polar surface area (TPSA) is 30.5 Å². The molecule has 3 heteroatoms. The van der Waals surface area contributed by atoms with E-state index in [1.807, 2.05) is 12.1 Å². The van der Waals surface area contributed by atoms with Crippen LogP contribution >= 0.6 is 0 Å². The quantitative estimate of drug-likeness (QED) is 0.717. The van der Waals surface area contributed by atoms with Crippen LogP contribution in [0.25, 0.3) is 0 Å². The van der Waals surface area contributed by atoms with E-state index in [0.717, 1.165) is 31.0 Å². The minimum atomic E-state index is 0.0503. The van der Waals surface area contributed by atoms with Crippen molar-refractivity contribution in [1.82, 2.24) is 5.32 Å². The maximum absolute atomic E-state index is 5.93. The van der Waals surface area contributed by atoms with Gasteiger partial charge in [-0.15, -0.1) is 0 Å². The number of benzene rings is 1. The van der Waals surface area contributed by atoms with Gasteiger partial charge in [0.1, 0.15) is 17.1 Å². The Hall–Kier alpha value is -1.22. The zero-order valence-electron chi connectivity index (χ0n) is 8.17. The first-order chi connectivity index (χ1) is 6.81. The Morgan fingerprint density at radius 1 is 1.43 bits per heavy atom. The van der Waals surface area contributed by atoms with Gasteiger partial charge in [-0.25, -0.2) is 0 Å². The van der Waals surface area contributed by atoms with Crippen LogP contribution in [-0.2, 0) is 6.42 Å². The summed E-state index contributed by atoms with van der Waals surface area (Å²) in [5.74, 6) is 1.86. The van der Waals surface area contributed by atoms with Crippen molar-refractivity contribution in [3.05, 3.63) is 23.8 Å². The summed E-state index contributed by atoms with van der Waals surface area (Å²) in [5.41, 5.74) is 1.35. The van der Waals surface area contributed by atoms with Gasteiger partial charge in [-0.05, 0) is 11.6 Å². The third-order valence-corrected chi connectivity index (χ3v) is 3.01. The van der Waals surface area contributed by atoms with Gasteiger partial charge in [-0.2, -0.15) is 0 Å². The zero-order chi connectivity index (χ0) is 9.60. The number of ether oxygens (including phenoxy) is 2. The normalized spacial score (nSPS) is 21.2. The first-order valence-electron chi connectivity index (χ1n) is 4.88. The zero-order valence-corrected chi connectivity index (χ0v) is 8.17. The largest absolute Gasteiger partial charge is 0.497 e. The van der Waals surface area contributed by atoms with Crippen molar-refractivity contribution in [3.63, 3.8) is 0 Å². The Bertz CT molecular complexity index is 372. The summed E-state index contributed by atoms with van der Waals surface area (Å²) in [7, 11) is 1.68. The monoisotopic (exact) mass is 191 g/mol. The van der Waals surface area contributed by atoms with Gasteiger partial charge in [0.15, 0.2) is 0 Å². The molecule has 0 amide bonds. The molecule has 1 saturated heterocycles. The van der Waals surface area contributed by atoms with Crippen molar-refractivity contribution < 1.29 is 9.47 Å². The number of nitrogens with one attached hydrogen (secondary N) is 1. The molecule has 74 valence electrons. The van der Waals surface area contributed by atoms with Gasteiger partial charge in [-0.3, -0.25) is 0 Å². The summed E-state index contributed by atoms with van der Waals surface area (Å²) in [4.78, 5) is 0. The number of rotatable bonds is 1. The predicted molar refractivity (Wildman–Crippen MR) is 52.9 cm³/mol. The maximum atomic E-state index is 5.93. The molecule has 3 nitrogen and oxygen atoms in total. The standard InChI is InChI=1S/C11H13NO2/c1-13-9-3-2-8-5-11(6-12-7-11)14-10(8)4-9/h2-4,12H,5-7H2,1H3. The van der Waals surface area contributed by atoms with E-state index in [4.69, 9.17) is 9.47 Å². The fraction of sp³-hybridized carbons (Fsp3) is 0.455.